The van der Waals surface area contributed by atoms with Crippen molar-refractivity contribution in [3.8, 4) is 0 Å². The minimum Gasteiger partial charge on any atom is -0.378 e. The molecule has 0 bridgehead atoms. The Kier molecular flexibility index (Phi) is 5.17. The molecule has 0 aromatic heterocycles. The minimum absolute atomic E-state index is 0.380. The Morgan fingerprint density at radius 1 is 1.12 bits per heavy atom. The van der Waals surface area contributed by atoms with Crippen LogP contribution in [0.3, 0.4) is 0 Å². The number of ether oxygens (including phenoxy) is 1. The SMILES string of the molecule is CCCCCCCOC1CC(Cl)C12CCCC2. The molecule has 1 nitrogen and oxygen atoms in total. The van der Waals surface area contributed by atoms with Crippen LogP contribution in [-0.4, -0.2) is 18.1 Å². The average molecular weight is 259 g/mol. The molecule has 0 aromatic rings. The van der Waals surface area contributed by atoms with Crippen LogP contribution in [0.1, 0.15) is 71.1 Å². The van der Waals surface area contributed by atoms with E-state index in [2.05, 4.69) is 6.92 Å². The Morgan fingerprint density at radius 3 is 2.47 bits per heavy atom. The summed E-state index contributed by atoms with van der Waals surface area (Å²) in [4.78, 5) is 0. The third kappa shape index (κ3) is 2.98. The van der Waals surface area contributed by atoms with Gasteiger partial charge in [-0.1, -0.05) is 45.4 Å². The van der Waals surface area contributed by atoms with Gasteiger partial charge in [-0.15, -0.1) is 11.6 Å². The molecule has 0 aromatic carbocycles. The zero-order valence-electron chi connectivity index (χ0n) is 11.2. The molecule has 2 unspecified atom stereocenters. The lowest BCUT2D eigenvalue weighted by molar-refractivity contribution is -0.105. The van der Waals surface area contributed by atoms with E-state index in [1.165, 1.54) is 57.8 Å². The van der Waals surface area contributed by atoms with Gasteiger partial charge >= 0.3 is 0 Å². The lowest BCUT2D eigenvalue weighted by Gasteiger charge is -2.51. The Morgan fingerprint density at radius 2 is 1.82 bits per heavy atom. The summed E-state index contributed by atoms with van der Waals surface area (Å²) >= 11 is 6.41. The molecule has 0 saturated heterocycles. The predicted octanol–water partition coefficient (Wildman–Crippen LogP) is 4.91. The van der Waals surface area contributed by atoms with Crippen LogP contribution in [-0.2, 0) is 4.74 Å². The normalized spacial score (nSPS) is 30.7. The maximum Gasteiger partial charge on any atom is 0.0659 e. The second-order valence-corrected chi connectivity index (χ2v) is 6.44. The number of halogens is 1. The van der Waals surface area contributed by atoms with Gasteiger partial charge in [-0.25, -0.2) is 0 Å². The van der Waals surface area contributed by atoms with E-state index in [0.29, 0.717) is 16.9 Å². The summed E-state index contributed by atoms with van der Waals surface area (Å²) in [5.41, 5.74) is 0.380. The fourth-order valence-electron chi connectivity index (χ4n) is 3.53. The van der Waals surface area contributed by atoms with Crippen molar-refractivity contribution >= 4 is 11.6 Å². The Labute approximate surface area is 111 Å². The van der Waals surface area contributed by atoms with Gasteiger partial charge in [0.15, 0.2) is 0 Å². The van der Waals surface area contributed by atoms with E-state index >= 15 is 0 Å². The van der Waals surface area contributed by atoms with Crippen molar-refractivity contribution < 1.29 is 4.74 Å². The van der Waals surface area contributed by atoms with Gasteiger partial charge in [-0.2, -0.15) is 0 Å². The van der Waals surface area contributed by atoms with Crippen LogP contribution < -0.4 is 0 Å². The molecule has 2 saturated carbocycles. The first kappa shape index (κ1) is 13.7. The maximum absolute atomic E-state index is 6.41. The second-order valence-electron chi connectivity index (χ2n) is 5.92. The topological polar surface area (TPSA) is 9.23 Å². The molecule has 2 fully saturated rings. The molecular weight excluding hydrogens is 232 g/mol. The van der Waals surface area contributed by atoms with Crippen molar-refractivity contribution in [3.05, 3.63) is 0 Å². The first-order valence-corrected chi connectivity index (χ1v) is 7.99. The highest BCUT2D eigenvalue weighted by Crippen LogP contribution is 2.57. The van der Waals surface area contributed by atoms with Crippen LogP contribution in [0.2, 0.25) is 0 Å². The van der Waals surface area contributed by atoms with Gasteiger partial charge in [0.2, 0.25) is 0 Å². The fourth-order valence-corrected chi connectivity index (χ4v) is 4.05. The van der Waals surface area contributed by atoms with Crippen LogP contribution >= 0.6 is 11.6 Å². The molecule has 2 aliphatic rings. The summed E-state index contributed by atoms with van der Waals surface area (Å²) in [7, 11) is 0. The van der Waals surface area contributed by atoms with Crippen molar-refractivity contribution in [2.24, 2.45) is 5.41 Å². The van der Waals surface area contributed by atoms with Gasteiger partial charge in [0.05, 0.1) is 6.10 Å². The van der Waals surface area contributed by atoms with Gasteiger partial charge in [0.1, 0.15) is 0 Å². The van der Waals surface area contributed by atoms with Crippen molar-refractivity contribution in [2.45, 2.75) is 82.6 Å². The van der Waals surface area contributed by atoms with E-state index in [-0.39, 0.29) is 0 Å². The number of alkyl halides is 1. The van der Waals surface area contributed by atoms with E-state index in [4.69, 9.17) is 16.3 Å². The van der Waals surface area contributed by atoms with Crippen molar-refractivity contribution in [2.75, 3.05) is 6.61 Å². The summed E-state index contributed by atoms with van der Waals surface area (Å²) in [6, 6.07) is 0. The summed E-state index contributed by atoms with van der Waals surface area (Å²) in [5.74, 6) is 0. The average Bonchev–Trinajstić information content (AvgIpc) is 2.84. The molecule has 2 heteroatoms. The van der Waals surface area contributed by atoms with E-state index in [1.54, 1.807) is 0 Å². The third-order valence-electron chi connectivity index (χ3n) is 4.79. The zero-order valence-corrected chi connectivity index (χ0v) is 12.0. The van der Waals surface area contributed by atoms with E-state index in [0.717, 1.165) is 13.0 Å². The maximum atomic E-state index is 6.41. The molecule has 0 amide bonds. The summed E-state index contributed by atoms with van der Waals surface area (Å²) < 4.78 is 6.08. The van der Waals surface area contributed by atoms with Crippen molar-refractivity contribution in [3.63, 3.8) is 0 Å². The van der Waals surface area contributed by atoms with Crippen LogP contribution in [0.5, 0.6) is 0 Å². The molecule has 0 N–H and O–H groups in total. The van der Waals surface area contributed by atoms with E-state index in [9.17, 15) is 0 Å². The highest BCUT2D eigenvalue weighted by molar-refractivity contribution is 6.21. The zero-order chi connectivity index (χ0) is 12.1. The predicted molar refractivity (Wildman–Crippen MR) is 73.7 cm³/mol. The van der Waals surface area contributed by atoms with Crippen LogP contribution in [0.15, 0.2) is 0 Å². The van der Waals surface area contributed by atoms with Crippen molar-refractivity contribution in [1.82, 2.24) is 0 Å². The Hall–Kier alpha value is 0.250. The van der Waals surface area contributed by atoms with Gasteiger partial charge < -0.3 is 4.74 Å². The van der Waals surface area contributed by atoms with Crippen LogP contribution in [0, 0.1) is 5.41 Å². The van der Waals surface area contributed by atoms with E-state index < -0.39 is 0 Å². The fraction of sp³-hybridized carbons (Fsp3) is 1.00. The number of hydrogen-bond acceptors (Lipinski definition) is 1. The first-order valence-electron chi connectivity index (χ1n) is 7.55. The second kappa shape index (κ2) is 6.43. The standard InChI is InChI=1S/C15H27ClO/c1-2-3-4-5-8-11-17-14-12-13(16)15(14)9-6-7-10-15/h13-14H,2-12H2,1H3. The molecule has 17 heavy (non-hydrogen) atoms. The number of hydrogen-bond donors (Lipinski definition) is 0. The monoisotopic (exact) mass is 258 g/mol. The molecule has 1 spiro atoms. The Balaban J connectivity index is 1.60. The minimum atomic E-state index is 0.380. The molecule has 100 valence electrons. The molecule has 0 heterocycles. The molecular formula is C15H27ClO. The van der Waals surface area contributed by atoms with Gasteiger partial charge in [0.25, 0.3) is 0 Å². The first-order chi connectivity index (χ1) is 8.29. The molecule has 2 aliphatic carbocycles. The largest absolute Gasteiger partial charge is 0.378 e. The molecule has 2 rings (SSSR count). The smallest absolute Gasteiger partial charge is 0.0659 e. The highest BCUT2D eigenvalue weighted by atomic mass is 35.5. The Bertz CT molecular complexity index is 223. The van der Waals surface area contributed by atoms with Gasteiger partial charge in [0, 0.05) is 17.4 Å². The van der Waals surface area contributed by atoms with Crippen LogP contribution in [0.25, 0.3) is 0 Å². The van der Waals surface area contributed by atoms with Gasteiger partial charge in [-0.05, 0) is 25.7 Å². The van der Waals surface area contributed by atoms with Crippen molar-refractivity contribution in [1.29, 1.82) is 0 Å². The number of rotatable bonds is 7. The molecule has 0 radical (unpaired) electrons. The third-order valence-corrected chi connectivity index (χ3v) is 5.40. The quantitative estimate of drug-likeness (QED) is 0.466. The summed E-state index contributed by atoms with van der Waals surface area (Å²) in [5, 5.41) is 0.398. The lowest BCUT2D eigenvalue weighted by Crippen LogP contribution is -2.54. The molecule has 2 atom stereocenters. The summed E-state index contributed by atoms with van der Waals surface area (Å²) in [6.07, 6.45) is 13.5. The summed E-state index contributed by atoms with van der Waals surface area (Å²) in [6.45, 7) is 3.22. The lowest BCUT2D eigenvalue weighted by atomic mass is 9.64. The number of unbranched alkanes of at least 4 members (excludes halogenated alkanes) is 4. The molecule has 0 aliphatic heterocycles. The van der Waals surface area contributed by atoms with Gasteiger partial charge in [-0.3, -0.25) is 0 Å². The highest BCUT2D eigenvalue weighted by Gasteiger charge is 2.55. The van der Waals surface area contributed by atoms with Crippen LogP contribution in [0.4, 0.5) is 0 Å². The van der Waals surface area contributed by atoms with E-state index in [1.807, 2.05) is 0 Å².